The summed E-state index contributed by atoms with van der Waals surface area (Å²) >= 11 is 1.65. The third kappa shape index (κ3) is 3.03. The minimum absolute atomic E-state index is 0.236. The van der Waals surface area contributed by atoms with Crippen LogP contribution in [0.15, 0.2) is 12.1 Å². The van der Waals surface area contributed by atoms with Crippen LogP contribution in [-0.4, -0.2) is 29.6 Å². The number of nitrogens with one attached hydrogen (secondary N) is 1. The lowest BCUT2D eigenvalue weighted by Crippen LogP contribution is -2.09. The van der Waals surface area contributed by atoms with Gasteiger partial charge in [0.05, 0.1) is 16.9 Å². The van der Waals surface area contributed by atoms with Gasteiger partial charge in [0.25, 0.3) is 0 Å². The predicted molar refractivity (Wildman–Crippen MR) is 64.6 cm³/mol. The van der Waals surface area contributed by atoms with Crippen molar-refractivity contribution in [3.05, 3.63) is 23.5 Å². The highest BCUT2D eigenvalue weighted by molar-refractivity contribution is 7.98. The van der Waals surface area contributed by atoms with Crippen LogP contribution >= 0.6 is 11.8 Å². The van der Waals surface area contributed by atoms with Crippen LogP contribution in [0.4, 0.5) is 15.8 Å². The van der Waals surface area contributed by atoms with Crippen molar-refractivity contribution in [1.82, 2.24) is 0 Å². The van der Waals surface area contributed by atoms with E-state index in [-0.39, 0.29) is 5.69 Å². The summed E-state index contributed by atoms with van der Waals surface area (Å²) in [6.07, 6.45) is 1.96. The molecule has 0 atom stereocenters. The Morgan fingerprint density at radius 2 is 2.31 bits per heavy atom. The summed E-state index contributed by atoms with van der Waals surface area (Å²) in [6, 6.07) is 2.23. The van der Waals surface area contributed by atoms with E-state index in [1.54, 1.807) is 11.8 Å². The van der Waals surface area contributed by atoms with E-state index in [0.717, 1.165) is 17.9 Å². The van der Waals surface area contributed by atoms with Gasteiger partial charge in [0.1, 0.15) is 5.82 Å². The number of nitrogen functional groups attached to an aromatic ring is 1. The fraction of sp³-hybridized carbons (Fsp3) is 0.300. The molecule has 0 saturated heterocycles. The maximum Gasteiger partial charge on any atom is 0.338 e. The molecule has 88 valence electrons. The molecule has 1 aromatic carbocycles. The monoisotopic (exact) mass is 244 g/mol. The van der Waals surface area contributed by atoms with Gasteiger partial charge in [0, 0.05) is 12.3 Å². The SMILES string of the molecule is CSCCNc1cc(F)c(C(=O)O)cc1N. The molecule has 0 aromatic heterocycles. The smallest absolute Gasteiger partial charge is 0.338 e. The number of anilines is 2. The number of thioether (sulfide) groups is 1. The van der Waals surface area contributed by atoms with Crippen molar-refractivity contribution in [1.29, 1.82) is 0 Å². The minimum Gasteiger partial charge on any atom is -0.478 e. The molecule has 0 aliphatic carbocycles. The van der Waals surface area contributed by atoms with Gasteiger partial charge >= 0.3 is 5.97 Å². The molecule has 0 aliphatic rings. The van der Waals surface area contributed by atoms with Gasteiger partial charge < -0.3 is 16.2 Å². The Morgan fingerprint density at radius 3 is 2.88 bits per heavy atom. The summed E-state index contributed by atoms with van der Waals surface area (Å²) in [6.45, 7) is 0.650. The Labute approximate surface area is 97.0 Å². The molecule has 0 amide bonds. The first kappa shape index (κ1) is 12.6. The highest BCUT2D eigenvalue weighted by Gasteiger charge is 2.13. The van der Waals surface area contributed by atoms with Gasteiger partial charge in [-0.15, -0.1) is 0 Å². The molecule has 4 nitrogen and oxygen atoms in total. The first-order chi connectivity index (χ1) is 7.56. The average Bonchev–Trinajstić information content (AvgIpc) is 2.22. The number of aromatic carboxylic acids is 1. The van der Waals surface area contributed by atoms with E-state index in [1.165, 1.54) is 0 Å². The third-order valence-corrected chi connectivity index (χ3v) is 2.60. The number of carbonyl (C=O) groups is 1. The van der Waals surface area contributed by atoms with Crippen LogP contribution < -0.4 is 11.1 Å². The van der Waals surface area contributed by atoms with E-state index in [2.05, 4.69) is 5.32 Å². The molecule has 16 heavy (non-hydrogen) atoms. The number of halogens is 1. The molecule has 1 rings (SSSR count). The molecular formula is C10H13FN2O2S. The highest BCUT2D eigenvalue weighted by Crippen LogP contribution is 2.22. The predicted octanol–water partition coefficient (Wildman–Crippen LogP) is 1.88. The standard InChI is InChI=1S/C10H13FN2O2S/c1-16-3-2-13-9-5-7(11)6(10(14)15)4-8(9)12/h4-5,13H,2-3,12H2,1H3,(H,14,15). The Balaban J connectivity index is 2.88. The number of carboxylic acid groups (broad SMARTS) is 1. The fourth-order valence-corrected chi connectivity index (χ4v) is 1.50. The second-order valence-electron chi connectivity index (χ2n) is 3.14. The molecule has 0 radical (unpaired) electrons. The zero-order chi connectivity index (χ0) is 12.1. The van der Waals surface area contributed by atoms with Gasteiger partial charge in [-0.05, 0) is 18.4 Å². The van der Waals surface area contributed by atoms with Gasteiger partial charge in [0.2, 0.25) is 0 Å². The minimum atomic E-state index is -1.32. The number of benzene rings is 1. The van der Waals surface area contributed by atoms with E-state index in [0.29, 0.717) is 12.2 Å². The molecule has 6 heteroatoms. The first-order valence-electron chi connectivity index (χ1n) is 4.61. The maximum atomic E-state index is 13.3. The zero-order valence-electron chi connectivity index (χ0n) is 8.79. The Kier molecular flexibility index (Phi) is 4.42. The highest BCUT2D eigenvalue weighted by atomic mass is 32.2. The lowest BCUT2D eigenvalue weighted by atomic mass is 10.1. The summed E-state index contributed by atoms with van der Waals surface area (Å²) < 4.78 is 13.3. The Morgan fingerprint density at radius 1 is 1.62 bits per heavy atom. The normalized spacial score (nSPS) is 10.1. The number of hydrogen-bond acceptors (Lipinski definition) is 4. The lowest BCUT2D eigenvalue weighted by molar-refractivity contribution is 0.0692. The molecule has 0 unspecified atom stereocenters. The molecule has 4 N–H and O–H groups in total. The quantitative estimate of drug-likeness (QED) is 0.544. The second kappa shape index (κ2) is 5.60. The van der Waals surface area contributed by atoms with Crippen LogP contribution in [0, 0.1) is 5.82 Å². The van der Waals surface area contributed by atoms with Gasteiger partial charge in [-0.3, -0.25) is 0 Å². The molecule has 0 saturated carbocycles. The molecular weight excluding hydrogens is 231 g/mol. The van der Waals surface area contributed by atoms with E-state index in [4.69, 9.17) is 10.8 Å². The van der Waals surface area contributed by atoms with Crippen molar-refractivity contribution in [3.8, 4) is 0 Å². The van der Waals surface area contributed by atoms with Crippen molar-refractivity contribution in [2.75, 3.05) is 29.6 Å². The number of hydrogen-bond donors (Lipinski definition) is 3. The molecule has 0 bridgehead atoms. The van der Waals surface area contributed by atoms with E-state index >= 15 is 0 Å². The topological polar surface area (TPSA) is 75.3 Å². The van der Waals surface area contributed by atoms with E-state index in [1.807, 2.05) is 6.26 Å². The van der Waals surface area contributed by atoms with Crippen LogP contribution in [-0.2, 0) is 0 Å². The molecule has 0 spiro atoms. The van der Waals surface area contributed by atoms with E-state index < -0.39 is 17.3 Å². The molecule has 0 heterocycles. The third-order valence-electron chi connectivity index (χ3n) is 1.99. The average molecular weight is 244 g/mol. The lowest BCUT2D eigenvalue weighted by Gasteiger charge is -2.10. The van der Waals surface area contributed by atoms with Crippen molar-refractivity contribution >= 4 is 29.1 Å². The molecule has 1 aromatic rings. The van der Waals surface area contributed by atoms with Crippen molar-refractivity contribution in [2.45, 2.75) is 0 Å². The summed E-state index contributed by atoms with van der Waals surface area (Å²) in [5.41, 5.74) is 5.87. The Bertz CT molecular complexity index is 399. The van der Waals surface area contributed by atoms with Crippen molar-refractivity contribution < 1.29 is 14.3 Å². The van der Waals surface area contributed by atoms with E-state index in [9.17, 15) is 9.18 Å². The van der Waals surface area contributed by atoms with Crippen LogP contribution in [0.3, 0.4) is 0 Å². The van der Waals surface area contributed by atoms with Crippen molar-refractivity contribution in [3.63, 3.8) is 0 Å². The van der Waals surface area contributed by atoms with Crippen LogP contribution in [0.5, 0.6) is 0 Å². The first-order valence-corrected chi connectivity index (χ1v) is 6.00. The maximum absolute atomic E-state index is 13.3. The van der Waals surface area contributed by atoms with Crippen LogP contribution in [0.2, 0.25) is 0 Å². The Hall–Kier alpha value is -1.43. The fourth-order valence-electron chi connectivity index (χ4n) is 1.19. The van der Waals surface area contributed by atoms with Crippen LogP contribution in [0.25, 0.3) is 0 Å². The summed E-state index contributed by atoms with van der Waals surface area (Å²) in [5.74, 6) is -1.24. The van der Waals surface area contributed by atoms with Gasteiger partial charge in [-0.2, -0.15) is 11.8 Å². The van der Waals surface area contributed by atoms with Crippen LogP contribution in [0.1, 0.15) is 10.4 Å². The summed E-state index contributed by atoms with van der Waals surface area (Å²) in [7, 11) is 0. The zero-order valence-corrected chi connectivity index (χ0v) is 9.60. The number of carboxylic acids is 1. The van der Waals surface area contributed by atoms with Gasteiger partial charge in [-0.1, -0.05) is 0 Å². The number of rotatable bonds is 5. The molecule has 0 aliphatic heterocycles. The van der Waals surface area contributed by atoms with Gasteiger partial charge in [-0.25, -0.2) is 9.18 Å². The summed E-state index contributed by atoms with van der Waals surface area (Å²) in [5, 5.41) is 11.6. The molecule has 0 fully saturated rings. The van der Waals surface area contributed by atoms with Gasteiger partial charge in [0.15, 0.2) is 0 Å². The number of nitrogens with two attached hydrogens (primary N) is 1. The van der Waals surface area contributed by atoms with Crippen molar-refractivity contribution in [2.24, 2.45) is 0 Å². The second-order valence-corrected chi connectivity index (χ2v) is 4.13. The largest absolute Gasteiger partial charge is 0.478 e. The summed E-state index contributed by atoms with van der Waals surface area (Å²) in [4.78, 5) is 10.6.